The quantitative estimate of drug-likeness (QED) is 0.593. The van der Waals surface area contributed by atoms with Crippen LogP contribution < -0.4 is 21.9 Å². The van der Waals surface area contributed by atoms with Crippen molar-refractivity contribution in [2.24, 2.45) is 5.73 Å². The molecule has 14 heavy (non-hydrogen) atoms. The molecule has 0 aliphatic carbocycles. The molecule has 6 N–H and O–H groups in total. The van der Waals surface area contributed by atoms with Crippen LogP contribution in [0.15, 0.2) is 18.2 Å². The van der Waals surface area contributed by atoms with Gasteiger partial charge in [-0.1, -0.05) is 0 Å². The summed E-state index contributed by atoms with van der Waals surface area (Å²) in [7, 11) is 0. The monoisotopic (exact) mass is 195 g/mol. The van der Waals surface area contributed by atoms with Crippen molar-refractivity contribution in [2.75, 3.05) is 18.1 Å². The molecule has 0 heterocycles. The number of hydrogen-bond acceptors (Lipinski definition) is 4. The molecule has 0 unspecified atom stereocenters. The summed E-state index contributed by atoms with van der Waals surface area (Å²) in [5.41, 5.74) is 17.1. The van der Waals surface area contributed by atoms with E-state index in [1.165, 1.54) is 0 Å². The predicted molar refractivity (Wildman–Crippen MR) is 54.6 cm³/mol. The van der Waals surface area contributed by atoms with E-state index < -0.39 is 5.91 Å². The van der Waals surface area contributed by atoms with Crippen LogP contribution in [0, 0.1) is 0 Å². The van der Waals surface area contributed by atoms with Gasteiger partial charge in [0, 0.05) is 11.8 Å². The van der Waals surface area contributed by atoms with Gasteiger partial charge in [-0.15, -0.1) is 0 Å². The number of nitrogens with two attached hydrogens (primary N) is 3. The SMILES string of the molecule is NC(=O)CCOc1cc(N)ccc1N. The van der Waals surface area contributed by atoms with E-state index in [-0.39, 0.29) is 13.0 Å². The molecule has 5 heteroatoms. The highest BCUT2D eigenvalue weighted by Crippen LogP contribution is 2.23. The van der Waals surface area contributed by atoms with Crippen molar-refractivity contribution < 1.29 is 9.53 Å². The van der Waals surface area contributed by atoms with Crippen LogP contribution in [-0.2, 0) is 4.79 Å². The minimum atomic E-state index is -0.410. The number of benzene rings is 1. The third-order valence-corrected chi connectivity index (χ3v) is 1.64. The lowest BCUT2D eigenvalue weighted by molar-refractivity contribution is -0.118. The number of ether oxygens (including phenoxy) is 1. The Morgan fingerprint density at radius 3 is 2.71 bits per heavy atom. The van der Waals surface area contributed by atoms with E-state index in [9.17, 15) is 4.79 Å². The van der Waals surface area contributed by atoms with Crippen molar-refractivity contribution in [1.82, 2.24) is 0 Å². The Kier molecular flexibility index (Phi) is 3.17. The molecule has 0 spiro atoms. The zero-order valence-corrected chi connectivity index (χ0v) is 7.69. The van der Waals surface area contributed by atoms with Crippen molar-refractivity contribution in [3.05, 3.63) is 18.2 Å². The first-order chi connectivity index (χ1) is 6.59. The van der Waals surface area contributed by atoms with Crippen LogP contribution in [0.4, 0.5) is 11.4 Å². The number of anilines is 2. The summed E-state index contributed by atoms with van der Waals surface area (Å²) in [6, 6.07) is 4.93. The maximum Gasteiger partial charge on any atom is 0.220 e. The van der Waals surface area contributed by atoms with Crippen LogP contribution in [0.2, 0.25) is 0 Å². The van der Waals surface area contributed by atoms with E-state index in [4.69, 9.17) is 21.9 Å². The normalized spacial score (nSPS) is 9.71. The van der Waals surface area contributed by atoms with Gasteiger partial charge < -0.3 is 21.9 Å². The second kappa shape index (κ2) is 4.36. The number of carbonyl (C=O) groups is 1. The van der Waals surface area contributed by atoms with E-state index in [1.54, 1.807) is 18.2 Å². The Labute approximate surface area is 81.8 Å². The lowest BCUT2D eigenvalue weighted by atomic mass is 10.2. The summed E-state index contributed by atoms with van der Waals surface area (Å²) in [6.07, 6.45) is 0.161. The number of hydrogen-bond donors (Lipinski definition) is 3. The zero-order valence-electron chi connectivity index (χ0n) is 7.69. The minimum absolute atomic E-state index is 0.161. The molecule has 5 nitrogen and oxygen atoms in total. The molecule has 0 radical (unpaired) electrons. The van der Waals surface area contributed by atoms with Crippen LogP contribution in [0.1, 0.15) is 6.42 Å². The molecule has 0 bridgehead atoms. The summed E-state index contributed by atoms with van der Waals surface area (Å²) in [6.45, 7) is 0.211. The van der Waals surface area contributed by atoms with Crippen LogP contribution in [0.5, 0.6) is 5.75 Å². The molecule has 0 saturated heterocycles. The lowest BCUT2D eigenvalue weighted by Gasteiger charge is -2.08. The average molecular weight is 195 g/mol. The van der Waals surface area contributed by atoms with Crippen LogP contribution in [-0.4, -0.2) is 12.5 Å². The number of rotatable bonds is 4. The Bertz CT molecular complexity index is 339. The molecule has 1 rings (SSSR count). The smallest absolute Gasteiger partial charge is 0.220 e. The second-order valence-corrected chi connectivity index (χ2v) is 2.86. The molecule has 0 fully saturated rings. The fourth-order valence-corrected chi connectivity index (χ4v) is 0.938. The molecular formula is C9H13N3O2. The van der Waals surface area contributed by atoms with E-state index in [1.807, 2.05) is 0 Å². The Morgan fingerprint density at radius 1 is 1.36 bits per heavy atom. The van der Waals surface area contributed by atoms with Crippen molar-refractivity contribution >= 4 is 17.3 Å². The molecule has 1 aromatic carbocycles. The maximum absolute atomic E-state index is 10.4. The first kappa shape index (κ1) is 10.2. The highest BCUT2D eigenvalue weighted by Gasteiger charge is 2.01. The fraction of sp³-hybridized carbons (Fsp3) is 0.222. The van der Waals surface area contributed by atoms with Gasteiger partial charge in [0.2, 0.25) is 5.91 Å². The Hall–Kier alpha value is -1.91. The van der Waals surface area contributed by atoms with Gasteiger partial charge in [-0.2, -0.15) is 0 Å². The summed E-state index contributed by atoms with van der Waals surface area (Å²) in [5, 5.41) is 0. The van der Waals surface area contributed by atoms with Crippen LogP contribution >= 0.6 is 0 Å². The van der Waals surface area contributed by atoms with Crippen molar-refractivity contribution in [1.29, 1.82) is 0 Å². The third kappa shape index (κ3) is 2.85. The molecule has 1 amide bonds. The van der Waals surface area contributed by atoms with E-state index in [0.29, 0.717) is 17.1 Å². The van der Waals surface area contributed by atoms with Gasteiger partial charge in [-0.3, -0.25) is 4.79 Å². The van der Waals surface area contributed by atoms with Crippen LogP contribution in [0.3, 0.4) is 0 Å². The molecule has 0 atom stereocenters. The molecule has 0 aromatic heterocycles. The first-order valence-corrected chi connectivity index (χ1v) is 4.15. The lowest BCUT2D eigenvalue weighted by Crippen LogP contribution is -2.14. The molecule has 0 saturated carbocycles. The van der Waals surface area contributed by atoms with Gasteiger partial charge in [0.15, 0.2) is 0 Å². The predicted octanol–water partition coefficient (Wildman–Crippen LogP) is 0.105. The summed E-state index contributed by atoms with van der Waals surface area (Å²) < 4.78 is 5.22. The highest BCUT2D eigenvalue weighted by atomic mass is 16.5. The van der Waals surface area contributed by atoms with Gasteiger partial charge in [0.1, 0.15) is 5.75 Å². The van der Waals surface area contributed by atoms with Gasteiger partial charge in [-0.25, -0.2) is 0 Å². The van der Waals surface area contributed by atoms with Crippen molar-refractivity contribution in [3.63, 3.8) is 0 Å². The average Bonchev–Trinajstić information content (AvgIpc) is 2.10. The molecule has 0 aliphatic rings. The fourth-order valence-electron chi connectivity index (χ4n) is 0.938. The van der Waals surface area contributed by atoms with Crippen molar-refractivity contribution in [2.45, 2.75) is 6.42 Å². The zero-order chi connectivity index (χ0) is 10.6. The Balaban J connectivity index is 2.57. The standard InChI is InChI=1S/C9H13N3O2/c10-6-1-2-7(11)8(5-6)14-4-3-9(12)13/h1-2,5H,3-4,10-11H2,(H2,12,13). The number of nitrogen functional groups attached to an aromatic ring is 2. The second-order valence-electron chi connectivity index (χ2n) is 2.86. The van der Waals surface area contributed by atoms with E-state index in [0.717, 1.165) is 0 Å². The largest absolute Gasteiger partial charge is 0.491 e. The molecular weight excluding hydrogens is 182 g/mol. The van der Waals surface area contributed by atoms with Gasteiger partial charge in [0.05, 0.1) is 18.7 Å². The first-order valence-electron chi connectivity index (χ1n) is 4.15. The van der Waals surface area contributed by atoms with E-state index >= 15 is 0 Å². The van der Waals surface area contributed by atoms with Gasteiger partial charge in [-0.05, 0) is 12.1 Å². The number of carbonyl (C=O) groups excluding carboxylic acids is 1. The highest BCUT2D eigenvalue weighted by molar-refractivity contribution is 5.73. The van der Waals surface area contributed by atoms with Gasteiger partial charge in [0.25, 0.3) is 0 Å². The molecule has 0 aliphatic heterocycles. The van der Waals surface area contributed by atoms with Crippen molar-refractivity contribution in [3.8, 4) is 5.75 Å². The summed E-state index contributed by atoms with van der Waals surface area (Å²) in [4.78, 5) is 10.4. The topological polar surface area (TPSA) is 104 Å². The maximum atomic E-state index is 10.4. The van der Waals surface area contributed by atoms with E-state index in [2.05, 4.69) is 0 Å². The van der Waals surface area contributed by atoms with Gasteiger partial charge >= 0.3 is 0 Å². The molecule has 1 aromatic rings. The number of amides is 1. The number of primary amides is 1. The Morgan fingerprint density at radius 2 is 2.07 bits per heavy atom. The minimum Gasteiger partial charge on any atom is -0.491 e. The summed E-state index contributed by atoms with van der Waals surface area (Å²) in [5.74, 6) is 0.0683. The molecule has 76 valence electrons. The van der Waals surface area contributed by atoms with Crippen LogP contribution in [0.25, 0.3) is 0 Å². The summed E-state index contributed by atoms with van der Waals surface area (Å²) >= 11 is 0. The third-order valence-electron chi connectivity index (χ3n) is 1.64.